The molecule has 0 fully saturated rings. The summed E-state index contributed by atoms with van der Waals surface area (Å²) < 4.78 is 6.87. The quantitative estimate of drug-likeness (QED) is 0.447. The van der Waals surface area contributed by atoms with Gasteiger partial charge in [0.1, 0.15) is 0 Å². The van der Waals surface area contributed by atoms with Crippen molar-refractivity contribution in [3.63, 3.8) is 0 Å². The summed E-state index contributed by atoms with van der Waals surface area (Å²) in [7, 11) is 0. The number of hydrogen-bond donors (Lipinski definition) is 2. The van der Waals surface area contributed by atoms with Gasteiger partial charge in [-0.25, -0.2) is 0 Å². The van der Waals surface area contributed by atoms with Crippen LogP contribution in [0.2, 0.25) is 0 Å². The molecule has 2 aromatic rings. The molecule has 0 amide bonds. The minimum Gasteiger partial charge on any atom is -0.264 e. The van der Waals surface area contributed by atoms with Crippen LogP contribution in [0.25, 0.3) is 10.8 Å². The highest BCUT2D eigenvalue weighted by Crippen LogP contribution is 2.19. The maximum atomic E-state index is 3.43. The van der Waals surface area contributed by atoms with Crippen LogP contribution in [-0.4, -0.2) is 23.6 Å². The molecule has 0 aliphatic heterocycles. The second-order valence-corrected chi connectivity index (χ2v) is 9.57. The fourth-order valence-corrected chi connectivity index (χ4v) is 3.60. The van der Waals surface area contributed by atoms with Gasteiger partial charge in [0.05, 0.1) is 0 Å². The Labute approximate surface area is 155 Å². The minimum absolute atomic E-state index is 0.633. The topological polar surface area (TPSA) is 24.1 Å². The highest BCUT2D eigenvalue weighted by atomic mass is 32.2. The first kappa shape index (κ1) is 19.6. The molecule has 2 rings (SSSR count). The number of rotatable bonds is 10. The van der Waals surface area contributed by atoms with Crippen LogP contribution in [0, 0.1) is 0 Å². The molecule has 0 spiro atoms. The van der Waals surface area contributed by atoms with Gasteiger partial charge in [-0.3, -0.25) is 9.44 Å². The molecule has 24 heavy (non-hydrogen) atoms. The SMILES string of the molecule is CC(C)SNCCc1ccc2cc(CCNSC(C)C)ccc2c1. The lowest BCUT2D eigenvalue weighted by Gasteiger charge is -2.09. The van der Waals surface area contributed by atoms with E-state index in [1.165, 1.54) is 21.9 Å². The van der Waals surface area contributed by atoms with E-state index in [-0.39, 0.29) is 0 Å². The van der Waals surface area contributed by atoms with Gasteiger partial charge in [-0.05, 0) is 34.7 Å². The molecule has 0 aliphatic carbocycles. The highest BCUT2D eigenvalue weighted by molar-refractivity contribution is 7.98. The van der Waals surface area contributed by atoms with Crippen molar-refractivity contribution in [3.05, 3.63) is 47.5 Å². The van der Waals surface area contributed by atoms with E-state index in [0.717, 1.165) is 25.9 Å². The van der Waals surface area contributed by atoms with Crippen LogP contribution in [0.15, 0.2) is 36.4 Å². The average molecular weight is 363 g/mol. The highest BCUT2D eigenvalue weighted by Gasteiger charge is 2.01. The van der Waals surface area contributed by atoms with Crippen LogP contribution in [0.5, 0.6) is 0 Å². The molecule has 0 heterocycles. The lowest BCUT2D eigenvalue weighted by molar-refractivity contribution is 0.899. The predicted octanol–water partition coefficient (Wildman–Crippen LogP) is 5.22. The van der Waals surface area contributed by atoms with Crippen molar-refractivity contribution >= 4 is 34.7 Å². The van der Waals surface area contributed by atoms with E-state index in [1.54, 1.807) is 0 Å². The summed E-state index contributed by atoms with van der Waals surface area (Å²) in [6, 6.07) is 13.7. The van der Waals surface area contributed by atoms with E-state index in [2.05, 4.69) is 73.5 Å². The maximum absolute atomic E-state index is 3.43. The third-order valence-electron chi connectivity index (χ3n) is 3.64. The van der Waals surface area contributed by atoms with E-state index in [1.807, 2.05) is 23.9 Å². The molecule has 2 nitrogen and oxygen atoms in total. The Morgan fingerprint density at radius 3 is 1.50 bits per heavy atom. The van der Waals surface area contributed by atoms with Gasteiger partial charge in [-0.2, -0.15) is 0 Å². The summed E-state index contributed by atoms with van der Waals surface area (Å²) in [6.45, 7) is 10.9. The number of fused-ring (bicyclic) bond motifs is 1. The van der Waals surface area contributed by atoms with Crippen LogP contribution in [0.4, 0.5) is 0 Å². The normalized spacial score (nSPS) is 11.8. The summed E-state index contributed by atoms with van der Waals surface area (Å²) in [5.74, 6) is 0. The van der Waals surface area contributed by atoms with Crippen molar-refractivity contribution in [2.24, 2.45) is 0 Å². The molecule has 0 atom stereocenters. The molecular weight excluding hydrogens is 332 g/mol. The van der Waals surface area contributed by atoms with Crippen molar-refractivity contribution in [1.82, 2.24) is 9.44 Å². The Balaban J connectivity index is 1.88. The fraction of sp³-hybridized carbons (Fsp3) is 0.500. The van der Waals surface area contributed by atoms with E-state index in [9.17, 15) is 0 Å². The second kappa shape index (κ2) is 10.3. The zero-order chi connectivity index (χ0) is 17.4. The molecule has 4 heteroatoms. The summed E-state index contributed by atoms with van der Waals surface area (Å²) in [6.07, 6.45) is 2.15. The first-order valence-electron chi connectivity index (χ1n) is 8.83. The third-order valence-corrected chi connectivity index (χ3v) is 5.32. The largest absolute Gasteiger partial charge is 0.264 e. The smallest absolute Gasteiger partial charge is 0.0136 e. The molecule has 2 aromatic carbocycles. The van der Waals surface area contributed by atoms with Gasteiger partial charge in [-0.1, -0.05) is 88.0 Å². The van der Waals surface area contributed by atoms with Gasteiger partial charge in [0.25, 0.3) is 0 Å². The van der Waals surface area contributed by atoms with Crippen LogP contribution in [0.1, 0.15) is 38.8 Å². The molecule has 0 aromatic heterocycles. The van der Waals surface area contributed by atoms with E-state index >= 15 is 0 Å². The van der Waals surface area contributed by atoms with E-state index < -0.39 is 0 Å². The van der Waals surface area contributed by atoms with Crippen LogP contribution >= 0.6 is 23.9 Å². The molecule has 0 aliphatic rings. The van der Waals surface area contributed by atoms with Gasteiger partial charge in [0.15, 0.2) is 0 Å². The van der Waals surface area contributed by atoms with Gasteiger partial charge in [0.2, 0.25) is 0 Å². The maximum Gasteiger partial charge on any atom is 0.0136 e. The molecular formula is C20H30N2S2. The van der Waals surface area contributed by atoms with Crippen molar-refractivity contribution in [1.29, 1.82) is 0 Å². The monoisotopic (exact) mass is 362 g/mol. The number of benzene rings is 2. The number of nitrogens with one attached hydrogen (secondary N) is 2. The Hall–Kier alpha value is -0.680. The molecule has 0 saturated heterocycles. The fourth-order valence-electron chi connectivity index (χ4n) is 2.50. The molecule has 0 bridgehead atoms. The Bertz CT molecular complexity index is 571. The molecule has 0 radical (unpaired) electrons. The Kier molecular flexibility index (Phi) is 8.46. The summed E-state index contributed by atoms with van der Waals surface area (Å²) in [4.78, 5) is 0. The zero-order valence-corrected chi connectivity index (χ0v) is 16.9. The predicted molar refractivity (Wildman–Crippen MR) is 113 cm³/mol. The van der Waals surface area contributed by atoms with Gasteiger partial charge >= 0.3 is 0 Å². The number of hydrogen-bond acceptors (Lipinski definition) is 4. The van der Waals surface area contributed by atoms with Gasteiger partial charge in [0, 0.05) is 23.6 Å². The first-order chi connectivity index (χ1) is 11.5. The molecule has 132 valence electrons. The Morgan fingerprint density at radius 1 is 0.708 bits per heavy atom. The lowest BCUT2D eigenvalue weighted by Crippen LogP contribution is -2.11. The minimum atomic E-state index is 0.633. The lowest BCUT2D eigenvalue weighted by atomic mass is 10.0. The van der Waals surface area contributed by atoms with Crippen LogP contribution < -0.4 is 9.44 Å². The third kappa shape index (κ3) is 7.06. The molecule has 0 saturated carbocycles. The van der Waals surface area contributed by atoms with Gasteiger partial charge < -0.3 is 0 Å². The second-order valence-electron chi connectivity index (χ2n) is 6.64. The summed E-state index contributed by atoms with van der Waals surface area (Å²) in [5.41, 5.74) is 2.81. The van der Waals surface area contributed by atoms with E-state index in [4.69, 9.17) is 0 Å². The van der Waals surface area contributed by atoms with E-state index in [0.29, 0.717) is 10.5 Å². The van der Waals surface area contributed by atoms with Gasteiger partial charge in [-0.15, -0.1) is 0 Å². The Morgan fingerprint density at radius 2 is 1.12 bits per heavy atom. The van der Waals surface area contributed by atoms with Crippen molar-refractivity contribution < 1.29 is 0 Å². The first-order valence-corrected chi connectivity index (χ1v) is 10.6. The zero-order valence-electron chi connectivity index (χ0n) is 15.3. The summed E-state index contributed by atoms with van der Waals surface area (Å²) >= 11 is 3.62. The van der Waals surface area contributed by atoms with Crippen molar-refractivity contribution in [2.45, 2.75) is 51.0 Å². The standard InChI is InChI=1S/C20H30N2S2/c1-15(2)23-21-11-9-17-5-7-20-14-18(6-8-19(20)13-17)10-12-22-24-16(3)4/h5-8,13-16,21-22H,9-12H2,1-4H3. The summed E-state index contributed by atoms with van der Waals surface area (Å²) in [5, 5.41) is 3.96. The van der Waals surface area contributed by atoms with Crippen LogP contribution in [0.3, 0.4) is 0 Å². The molecule has 2 N–H and O–H groups in total. The average Bonchev–Trinajstić information content (AvgIpc) is 2.55. The van der Waals surface area contributed by atoms with Crippen LogP contribution in [-0.2, 0) is 12.8 Å². The van der Waals surface area contributed by atoms with Crippen molar-refractivity contribution in [2.75, 3.05) is 13.1 Å². The van der Waals surface area contributed by atoms with Crippen molar-refractivity contribution in [3.8, 4) is 0 Å². The molecule has 0 unspecified atom stereocenters.